The summed E-state index contributed by atoms with van der Waals surface area (Å²) in [5.74, 6) is 0.0252. The smallest absolute Gasteiger partial charge is 0.421 e. The summed E-state index contributed by atoms with van der Waals surface area (Å²) in [5, 5.41) is 0.484. The van der Waals surface area contributed by atoms with Crippen molar-refractivity contribution in [3.63, 3.8) is 0 Å². The van der Waals surface area contributed by atoms with Gasteiger partial charge in [0, 0.05) is 9.50 Å². The zero-order valence-electron chi connectivity index (χ0n) is 9.34. The van der Waals surface area contributed by atoms with Gasteiger partial charge in [0.05, 0.1) is 0 Å². The van der Waals surface area contributed by atoms with E-state index >= 15 is 0 Å². The molecule has 0 atom stereocenters. The first kappa shape index (κ1) is 14.2. The summed E-state index contributed by atoms with van der Waals surface area (Å²) in [7, 11) is 0. The highest BCUT2D eigenvalue weighted by atomic mass is 79.9. The molecule has 1 nitrogen and oxygen atoms in total. The third kappa shape index (κ3) is 3.42. The van der Waals surface area contributed by atoms with Gasteiger partial charge in [-0.2, -0.15) is 13.2 Å². The molecule has 0 heterocycles. The molecule has 0 aliphatic carbocycles. The molecule has 0 bridgehead atoms. The van der Waals surface area contributed by atoms with E-state index in [2.05, 4.69) is 15.9 Å². The fourth-order valence-corrected chi connectivity index (χ4v) is 2.19. The highest BCUT2D eigenvalue weighted by Crippen LogP contribution is 2.42. The summed E-state index contributed by atoms with van der Waals surface area (Å²) in [6, 6.07) is 10.2. The van der Waals surface area contributed by atoms with E-state index in [0.29, 0.717) is 5.02 Å². The molecule has 0 aromatic heterocycles. The molecule has 100 valence electrons. The maximum Gasteiger partial charge on any atom is 0.421 e. The second-order valence-corrected chi connectivity index (χ2v) is 4.96. The number of alkyl halides is 3. The minimum absolute atomic E-state index is 0.0635. The molecule has 0 amide bonds. The molecule has 0 aliphatic heterocycles. The van der Waals surface area contributed by atoms with E-state index in [9.17, 15) is 13.2 Å². The Morgan fingerprint density at radius 1 is 1.00 bits per heavy atom. The van der Waals surface area contributed by atoms with Gasteiger partial charge in [0.2, 0.25) is 0 Å². The number of hydrogen-bond donors (Lipinski definition) is 0. The average molecular weight is 352 g/mol. The number of benzene rings is 2. The minimum Gasteiger partial charge on any atom is -0.457 e. The number of ether oxygens (including phenoxy) is 1. The van der Waals surface area contributed by atoms with Gasteiger partial charge in [0.15, 0.2) is 0 Å². The highest BCUT2D eigenvalue weighted by Gasteiger charge is 2.36. The highest BCUT2D eigenvalue weighted by molar-refractivity contribution is 9.10. The number of halogens is 5. The monoisotopic (exact) mass is 350 g/mol. The molecule has 0 aliphatic rings. The second-order valence-electron chi connectivity index (χ2n) is 3.67. The SMILES string of the molecule is FC(F)(F)c1c(Br)cccc1Oc1ccc(Cl)cc1. The van der Waals surface area contributed by atoms with Crippen LogP contribution in [0, 0.1) is 0 Å². The minimum atomic E-state index is -4.50. The van der Waals surface area contributed by atoms with Crippen LogP contribution >= 0.6 is 27.5 Å². The van der Waals surface area contributed by atoms with E-state index in [1.807, 2.05) is 0 Å². The van der Waals surface area contributed by atoms with Crippen molar-refractivity contribution < 1.29 is 17.9 Å². The van der Waals surface area contributed by atoms with Gasteiger partial charge < -0.3 is 4.74 Å². The van der Waals surface area contributed by atoms with Crippen molar-refractivity contribution in [3.8, 4) is 11.5 Å². The lowest BCUT2D eigenvalue weighted by molar-refractivity contribution is -0.139. The molecule has 0 saturated heterocycles. The van der Waals surface area contributed by atoms with Crippen molar-refractivity contribution in [1.29, 1.82) is 0 Å². The van der Waals surface area contributed by atoms with Crippen LogP contribution in [-0.4, -0.2) is 0 Å². The molecule has 19 heavy (non-hydrogen) atoms. The average Bonchev–Trinajstić information content (AvgIpc) is 2.30. The predicted octanol–water partition coefficient (Wildman–Crippen LogP) is 5.91. The Balaban J connectivity index is 2.40. The van der Waals surface area contributed by atoms with E-state index in [1.54, 1.807) is 12.1 Å². The lowest BCUT2D eigenvalue weighted by Gasteiger charge is -2.15. The van der Waals surface area contributed by atoms with Crippen molar-refractivity contribution >= 4 is 27.5 Å². The molecular weight excluding hydrogens is 344 g/mol. The molecule has 0 spiro atoms. The summed E-state index contributed by atoms with van der Waals surface area (Å²) >= 11 is 8.59. The molecular formula is C13H7BrClF3O. The zero-order chi connectivity index (χ0) is 14.0. The molecule has 0 N–H and O–H groups in total. The van der Waals surface area contributed by atoms with Crippen molar-refractivity contribution in [3.05, 3.63) is 57.5 Å². The summed E-state index contributed by atoms with van der Waals surface area (Å²) in [4.78, 5) is 0. The van der Waals surface area contributed by atoms with Crippen LogP contribution in [0.25, 0.3) is 0 Å². The van der Waals surface area contributed by atoms with Crippen LogP contribution < -0.4 is 4.74 Å². The first-order chi connectivity index (χ1) is 8.88. The molecule has 2 aromatic rings. The van der Waals surface area contributed by atoms with Crippen LogP contribution in [0.1, 0.15) is 5.56 Å². The van der Waals surface area contributed by atoms with Crippen molar-refractivity contribution in [1.82, 2.24) is 0 Å². The standard InChI is InChI=1S/C13H7BrClF3O/c14-10-2-1-3-11(12(10)13(16,17)18)19-9-6-4-8(15)5-7-9/h1-7H. The Labute approximate surface area is 121 Å². The van der Waals surface area contributed by atoms with E-state index in [1.165, 1.54) is 30.3 Å². The Kier molecular flexibility index (Phi) is 4.06. The van der Waals surface area contributed by atoms with Gasteiger partial charge >= 0.3 is 6.18 Å². The summed E-state index contributed by atoms with van der Waals surface area (Å²) in [5.41, 5.74) is -0.843. The fourth-order valence-electron chi connectivity index (χ4n) is 1.49. The maximum absolute atomic E-state index is 12.9. The molecule has 0 unspecified atom stereocenters. The second kappa shape index (κ2) is 5.43. The third-order valence-corrected chi connectivity index (χ3v) is 3.21. The fraction of sp³-hybridized carbons (Fsp3) is 0.0769. The largest absolute Gasteiger partial charge is 0.457 e. The van der Waals surface area contributed by atoms with Crippen molar-refractivity contribution in [2.45, 2.75) is 6.18 Å². The first-order valence-electron chi connectivity index (χ1n) is 5.17. The maximum atomic E-state index is 12.9. The van der Waals surface area contributed by atoms with Gasteiger partial charge in [0.25, 0.3) is 0 Å². The molecule has 0 saturated carbocycles. The topological polar surface area (TPSA) is 9.23 Å². The number of hydrogen-bond acceptors (Lipinski definition) is 1. The van der Waals surface area contributed by atoms with E-state index in [0.717, 1.165) is 0 Å². The molecule has 0 radical (unpaired) electrons. The Hall–Kier alpha value is -1.20. The van der Waals surface area contributed by atoms with Crippen molar-refractivity contribution in [2.75, 3.05) is 0 Å². The van der Waals surface area contributed by atoms with E-state index < -0.39 is 11.7 Å². The Morgan fingerprint density at radius 2 is 1.63 bits per heavy atom. The van der Waals surface area contributed by atoms with Crippen LogP contribution in [0.2, 0.25) is 5.02 Å². The van der Waals surface area contributed by atoms with Gasteiger partial charge in [-0.15, -0.1) is 0 Å². The predicted molar refractivity (Wildman–Crippen MR) is 70.7 cm³/mol. The molecule has 0 fully saturated rings. The Morgan fingerprint density at radius 3 is 2.21 bits per heavy atom. The quantitative estimate of drug-likeness (QED) is 0.653. The van der Waals surface area contributed by atoms with E-state index in [4.69, 9.17) is 16.3 Å². The van der Waals surface area contributed by atoms with Gasteiger partial charge in [-0.05, 0) is 36.4 Å². The Bertz CT molecular complexity index is 581. The number of rotatable bonds is 2. The van der Waals surface area contributed by atoms with Gasteiger partial charge in [-0.25, -0.2) is 0 Å². The normalized spacial score (nSPS) is 11.4. The lowest BCUT2D eigenvalue weighted by Crippen LogP contribution is -2.08. The van der Waals surface area contributed by atoms with Crippen LogP contribution in [0.3, 0.4) is 0 Å². The first-order valence-corrected chi connectivity index (χ1v) is 6.34. The summed E-state index contributed by atoms with van der Waals surface area (Å²) < 4.78 is 44.0. The molecule has 2 aromatic carbocycles. The van der Waals surface area contributed by atoms with E-state index in [-0.39, 0.29) is 16.0 Å². The van der Waals surface area contributed by atoms with Gasteiger partial charge in [-0.1, -0.05) is 33.6 Å². The van der Waals surface area contributed by atoms with Crippen LogP contribution in [0.4, 0.5) is 13.2 Å². The van der Waals surface area contributed by atoms with Crippen LogP contribution in [0.15, 0.2) is 46.9 Å². The lowest BCUT2D eigenvalue weighted by atomic mass is 10.2. The summed E-state index contributed by atoms with van der Waals surface area (Å²) in [6.45, 7) is 0. The molecule has 2 rings (SSSR count). The van der Waals surface area contributed by atoms with Crippen LogP contribution in [0.5, 0.6) is 11.5 Å². The van der Waals surface area contributed by atoms with Gasteiger partial charge in [-0.3, -0.25) is 0 Å². The zero-order valence-corrected chi connectivity index (χ0v) is 11.7. The van der Waals surface area contributed by atoms with Crippen molar-refractivity contribution in [2.24, 2.45) is 0 Å². The molecule has 6 heteroatoms. The summed E-state index contributed by atoms with van der Waals surface area (Å²) in [6.07, 6.45) is -4.50. The van der Waals surface area contributed by atoms with Crippen LogP contribution in [-0.2, 0) is 6.18 Å². The van der Waals surface area contributed by atoms with Gasteiger partial charge in [0.1, 0.15) is 17.1 Å². The third-order valence-electron chi connectivity index (χ3n) is 2.30.